The van der Waals surface area contributed by atoms with Crippen molar-refractivity contribution in [1.82, 2.24) is 0 Å². The van der Waals surface area contributed by atoms with Crippen molar-refractivity contribution in [2.75, 3.05) is 6.26 Å². The van der Waals surface area contributed by atoms with E-state index in [4.69, 9.17) is 0 Å². The van der Waals surface area contributed by atoms with Crippen molar-refractivity contribution in [3.63, 3.8) is 0 Å². The van der Waals surface area contributed by atoms with E-state index in [9.17, 15) is 8.42 Å². The van der Waals surface area contributed by atoms with Gasteiger partial charge in [-0.15, -0.1) is 0 Å². The summed E-state index contributed by atoms with van der Waals surface area (Å²) in [7, 11) is -3.11. The summed E-state index contributed by atoms with van der Waals surface area (Å²) in [6.45, 7) is 0. The molecule has 0 bridgehead atoms. The molecular weight excluding hydrogens is 228 g/mol. The Bertz CT molecular complexity index is 356. The molecule has 11 heavy (non-hydrogen) atoms. The predicted octanol–water partition coefficient (Wildman–Crippen LogP) is 1.65. The highest BCUT2D eigenvalue weighted by atomic mass is 79.9. The fourth-order valence-corrected chi connectivity index (χ4v) is 2.51. The number of hydrogen-bond acceptors (Lipinski definition) is 2. The third-order valence-electron chi connectivity index (χ3n) is 1.18. The lowest BCUT2D eigenvalue weighted by Crippen LogP contribution is -1.97. The minimum Gasteiger partial charge on any atom is -0.224 e. The maximum atomic E-state index is 11.0. The number of hydrogen-bond donors (Lipinski definition) is 0. The summed E-state index contributed by atoms with van der Waals surface area (Å²) in [5.41, 5.74) is 0. The van der Waals surface area contributed by atoms with Gasteiger partial charge in [0.2, 0.25) is 0 Å². The Kier molecular flexibility index (Phi) is 2.34. The van der Waals surface area contributed by atoms with Crippen LogP contribution in [0.4, 0.5) is 0 Å². The molecule has 0 aliphatic carbocycles. The Hall–Kier alpha value is -0.350. The van der Waals surface area contributed by atoms with Gasteiger partial charge in [-0.3, -0.25) is 0 Å². The number of benzene rings is 1. The van der Waals surface area contributed by atoms with Crippen molar-refractivity contribution in [2.24, 2.45) is 0 Å². The average molecular weight is 234 g/mol. The Labute approximate surface area is 74.3 Å². The van der Waals surface area contributed by atoms with E-state index in [1.165, 1.54) is 12.3 Å². The van der Waals surface area contributed by atoms with E-state index in [2.05, 4.69) is 22.0 Å². The second-order valence-electron chi connectivity index (χ2n) is 2.13. The quantitative estimate of drug-likeness (QED) is 0.740. The van der Waals surface area contributed by atoms with E-state index in [0.29, 0.717) is 4.47 Å². The first-order chi connectivity index (χ1) is 5.02. The molecule has 59 valence electrons. The predicted molar refractivity (Wildman–Crippen MR) is 46.1 cm³/mol. The molecule has 1 aromatic carbocycles. The topological polar surface area (TPSA) is 34.1 Å². The van der Waals surface area contributed by atoms with Gasteiger partial charge in [0.05, 0.1) is 4.90 Å². The Morgan fingerprint density at radius 1 is 1.55 bits per heavy atom. The molecular formula is C7H6BrO2S. The van der Waals surface area contributed by atoms with E-state index in [1.807, 2.05) is 0 Å². The lowest BCUT2D eigenvalue weighted by molar-refractivity contribution is 0.601. The highest BCUT2D eigenvalue weighted by molar-refractivity contribution is 9.10. The van der Waals surface area contributed by atoms with E-state index in [1.54, 1.807) is 12.1 Å². The van der Waals surface area contributed by atoms with Gasteiger partial charge in [-0.25, -0.2) is 8.42 Å². The maximum Gasteiger partial charge on any atom is 0.176 e. The lowest BCUT2D eigenvalue weighted by Gasteiger charge is -1.98. The minimum absolute atomic E-state index is 0.278. The van der Waals surface area contributed by atoms with Gasteiger partial charge in [-0.1, -0.05) is 6.07 Å². The molecule has 4 heteroatoms. The van der Waals surface area contributed by atoms with Crippen LogP contribution >= 0.6 is 15.9 Å². The Morgan fingerprint density at radius 2 is 2.18 bits per heavy atom. The third kappa shape index (κ3) is 2.04. The second-order valence-corrected chi connectivity index (χ2v) is 4.97. The molecule has 0 N–H and O–H groups in total. The SMILES string of the molecule is CS(=O)(=O)c1c[c]ccc1Br. The summed E-state index contributed by atoms with van der Waals surface area (Å²) in [5.74, 6) is 0. The minimum atomic E-state index is -3.11. The van der Waals surface area contributed by atoms with Crippen molar-refractivity contribution in [3.05, 3.63) is 28.7 Å². The van der Waals surface area contributed by atoms with Gasteiger partial charge < -0.3 is 0 Å². The van der Waals surface area contributed by atoms with Gasteiger partial charge in [0, 0.05) is 10.7 Å². The van der Waals surface area contributed by atoms with Gasteiger partial charge >= 0.3 is 0 Å². The van der Waals surface area contributed by atoms with E-state index < -0.39 is 9.84 Å². The molecule has 0 spiro atoms. The van der Waals surface area contributed by atoms with E-state index >= 15 is 0 Å². The maximum absolute atomic E-state index is 11.0. The van der Waals surface area contributed by atoms with Crippen LogP contribution < -0.4 is 0 Å². The number of rotatable bonds is 1. The summed E-state index contributed by atoms with van der Waals surface area (Å²) in [4.78, 5) is 0.278. The first kappa shape index (κ1) is 8.74. The number of halogens is 1. The molecule has 1 aromatic rings. The first-order valence-electron chi connectivity index (χ1n) is 2.87. The third-order valence-corrected chi connectivity index (χ3v) is 3.27. The molecule has 0 saturated heterocycles. The Morgan fingerprint density at radius 3 is 2.55 bits per heavy atom. The van der Waals surface area contributed by atoms with Gasteiger partial charge in [0.1, 0.15) is 0 Å². The molecule has 0 aliphatic rings. The van der Waals surface area contributed by atoms with Crippen LogP contribution in [0.15, 0.2) is 27.6 Å². The van der Waals surface area contributed by atoms with Crippen LogP contribution in [0.1, 0.15) is 0 Å². The molecule has 0 unspecified atom stereocenters. The smallest absolute Gasteiger partial charge is 0.176 e. The van der Waals surface area contributed by atoms with Gasteiger partial charge in [0.25, 0.3) is 0 Å². The van der Waals surface area contributed by atoms with Crippen LogP contribution in [0, 0.1) is 6.07 Å². The van der Waals surface area contributed by atoms with Crippen LogP contribution in [0.25, 0.3) is 0 Å². The largest absolute Gasteiger partial charge is 0.224 e. The monoisotopic (exact) mass is 233 g/mol. The van der Waals surface area contributed by atoms with Crippen LogP contribution in [0.5, 0.6) is 0 Å². The van der Waals surface area contributed by atoms with Gasteiger partial charge in [-0.05, 0) is 34.1 Å². The molecule has 0 saturated carbocycles. The molecule has 0 heterocycles. The zero-order valence-corrected chi connectivity index (χ0v) is 8.24. The fraction of sp³-hybridized carbons (Fsp3) is 0.143. The normalized spacial score (nSPS) is 11.5. The van der Waals surface area contributed by atoms with E-state index in [-0.39, 0.29) is 4.90 Å². The lowest BCUT2D eigenvalue weighted by atomic mass is 10.4. The molecule has 0 aliphatic heterocycles. The van der Waals surface area contributed by atoms with Crippen molar-refractivity contribution in [3.8, 4) is 0 Å². The van der Waals surface area contributed by atoms with E-state index in [0.717, 1.165) is 0 Å². The van der Waals surface area contributed by atoms with Crippen LogP contribution in [0.3, 0.4) is 0 Å². The van der Waals surface area contributed by atoms with Crippen LogP contribution in [-0.4, -0.2) is 14.7 Å². The van der Waals surface area contributed by atoms with Crippen molar-refractivity contribution in [2.45, 2.75) is 4.90 Å². The van der Waals surface area contributed by atoms with Gasteiger partial charge in [0.15, 0.2) is 9.84 Å². The first-order valence-corrected chi connectivity index (χ1v) is 5.56. The standard InChI is InChI=1S/C7H6BrO2S/c1-11(9,10)7-5-3-2-4-6(7)8/h2,4-5H,1H3. The molecule has 0 amide bonds. The summed E-state index contributed by atoms with van der Waals surface area (Å²) in [6.07, 6.45) is 1.17. The highest BCUT2D eigenvalue weighted by Gasteiger charge is 2.09. The summed E-state index contributed by atoms with van der Waals surface area (Å²) in [5, 5.41) is 0. The second kappa shape index (κ2) is 2.95. The molecule has 1 rings (SSSR count). The highest BCUT2D eigenvalue weighted by Crippen LogP contribution is 2.20. The molecule has 1 radical (unpaired) electrons. The van der Waals surface area contributed by atoms with Crippen LogP contribution in [-0.2, 0) is 9.84 Å². The molecule has 0 atom stereocenters. The zero-order valence-electron chi connectivity index (χ0n) is 5.83. The van der Waals surface area contributed by atoms with Gasteiger partial charge in [-0.2, -0.15) is 0 Å². The zero-order chi connectivity index (χ0) is 8.48. The van der Waals surface area contributed by atoms with Crippen molar-refractivity contribution in [1.29, 1.82) is 0 Å². The molecule has 2 nitrogen and oxygen atoms in total. The molecule has 0 aromatic heterocycles. The molecule has 0 fully saturated rings. The fourth-order valence-electron chi connectivity index (χ4n) is 0.680. The average Bonchev–Trinajstić information content (AvgIpc) is 1.86. The summed E-state index contributed by atoms with van der Waals surface area (Å²) in [6, 6.07) is 7.44. The Balaban J connectivity index is 3.37. The van der Waals surface area contributed by atoms with Crippen molar-refractivity contribution < 1.29 is 8.42 Å². The summed E-state index contributed by atoms with van der Waals surface area (Å²) < 4.78 is 22.6. The summed E-state index contributed by atoms with van der Waals surface area (Å²) >= 11 is 3.13. The van der Waals surface area contributed by atoms with Crippen molar-refractivity contribution >= 4 is 25.8 Å². The van der Waals surface area contributed by atoms with Crippen LogP contribution in [0.2, 0.25) is 0 Å². The number of sulfone groups is 1.